The van der Waals surface area contributed by atoms with Crippen molar-refractivity contribution < 1.29 is 26.4 Å². The van der Waals surface area contributed by atoms with Crippen LogP contribution in [0.3, 0.4) is 0 Å². The van der Waals surface area contributed by atoms with Crippen molar-refractivity contribution in [3.05, 3.63) is 59.4 Å². The van der Waals surface area contributed by atoms with E-state index in [4.69, 9.17) is 11.6 Å². The number of rotatable bonds is 4. The quantitative estimate of drug-likeness (QED) is 0.586. The maximum absolute atomic E-state index is 12.9. The minimum atomic E-state index is -4.73. The Balaban J connectivity index is 1.76. The summed E-state index contributed by atoms with van der Waals surface area (Å²) in [5, 5.41) is 7.65. The molecule has 0 saturated carbocycles. The van der Waals surface area contributed by atoms with Crippen molar-refractivity contribution in [1.29, 1.82) is 0 Å². The van der Waals surface area contributed by atoms with Crippen LogP contribution in [0.1, 0.15) is 5.56 Å². The number of aromatic nitrogens is 3. The van der Waals surface area contributed by atoms with Crippen LogP contribution in [0.15, 0.2) is 53.7 Å². The lowest BCUT2D eigenvalue weighted by Gasteiger charge is -2.13. The molecule has 2 aromatic carbocycles. The third-order valence-corrected chi connectivity index (χ3v) is 5.16. The second kappa shape index (κ2) is 7.20. The third kappa shape index (κ3) is 4.28. The van der Waals surface area contributed by atoms with E-state index in [1.807, 2.05) is 5.32 Å². The molecule has 1 aromatic heterocycles. The van der Waals surface area contributed by atoms with Gasteiger partial charge in [0.25, 0.3) is 10.0 Å². The number of carbonyl (C=O) groups excluding carboxylic acids is 1. The zero-order chi connectivity index (χ0) is 20.5. The van der Waals surface area contributed by atoms with E-state index in [1.54, 1.807) is 10.8 Å². The largest absolute Gasteiger partial charge is 0.417 e. The van der Waals surface area contributed by atoms with Crippen LogP contribution < -0.4 is 10.0 Å². The van der Waals surface area contributed by atoms with Gasteiger partial charge in [0.1, 0.15) is 6.33 Å². The van der Waals surface area contributed by atoms with E-state index in [9.17, 15) is 26.4 Å². The predicted octanol–water partition coefficient (Wildman–Crippen LogP) is 3.38. The summed E-state index contributed by atoms with van der Waals surface area (Å²) < 4.78 is 66.5. The molecule has 0 aliphatic rings. The van der Waals surface area contributed by atoms with Gasteiger partial charge in [0.05, 0.1) is 21.2 Å². The van der Waals surface area contributed by atoms with Crippen molar-refractivity contribution in [2.45, 2.75) is 11.1 Å². The number of halogens is 4. The molecular weight excluding hydrogens is 423 g/mol. The molecule has 148 valence electrons. The van der Waals surface area contributed by atoms with Gasteiger partial charge in [0.2, 0.25) is 0 Å². The highest BCUT2D eigenvalue weighted by Crippen LogP contribution is 2.36. The Morgan fingerprint density at radius 2 is 1.89 bits per heavy atom. The first kappa shape index (κ1) is 19.8. The SMILES string of the molecule is O=C(Nc1ccc(Cl)c(C(F)(F)F)c1)NS(=O)(=O)c1cccc(-n2cn[nH]2)c1. The van der Waals surface area contributed by atoms with E-state index in [2.05, 4.69) is 10.3 Å². The summed E-state index contributed by atoms with van der Waals surface area (Å²) in [6.45, 7) is 0. The van der Waals surface area contributed by atoms with Crippen molar-refractivity contribution >= 4 is 33.3 Å². The van der Waals surface area contributed by atoms with Gasteiger partial charge in [-0.05, 0) is 36.4 Å². The van der Waals surface area contributed by atoms with Gasteiger partial charge >= 0.3 is 12.2 Å². The summed E-state index contributed by atoms with van der Waals surface area (Å²) in [7, 11) is -4.28. The second-order valence-electron chi connectivity index (χ2n) is 5.46. The van der Waals surface area contributed by atoms with Crippen LogP contribution in [0, 0.1) is 0 Å². The molecule has 3 aromatic rings. The number of hydrogen-bond acceptors (Lipinski definition) is 4. The molecule has 0 spiro atoms. The van der Waals surface area contributed by atoms with Gasteiger partial charge in [-0.15, -0.1) is 5.10 Å². The number of urea groups is 1. The lowest BCUT2D eigenvalue weighted by Crippen LogP contribution is -2.34. The Kier molecular flexibility index (Phi) is 5.08. The second-order valence-corrected chi connectivity index (χ2v) is 7.55. The normalized spacial score (nSPS) is 12.0. The Morgan fingerprint density at radius 3 is 2.50 bits per heavy atom. The van der Waals surface area contributed by atoms with Gasteiger partial charge in [-0.25, -0.2) is 27.8 Å². The average molecular weight is 434 g/mol. The highest BCUT2D eigenvalue weighted by molar-refractivity contribution is 7.90. The number of sulfonamides is 1. The van der Waals surface area contributed by atoms with Gasteiger partial charge in [0.15, 0.2) is 0 Å². The van der Waals surface area contributed by atoms with Crippen LogP contribution in [0.5, 0.6) is 0 Å². The van der Waals surface area contributed by atoms with Crippen LogP contribution >= 0.6 is 11.6 Å². The van der Waals surface area contributed by atoms with Crippen molar-refractivity contribution in [3.8, 4) is 5.69 Å². The van der Waals surface area contributed by atoms with Gasteiger partial charge in [-0.3, -0.25) is 0 Å². The summed E-state index contributed by atoms with van der Waals surface area (Å²) >= 11 is 5.50. The standard InChI is InChI=1S/C15H11ClF3N5O3S/c16-13-5-4-9(6-12(13)15(17,18)19)21-14(25)22-28(26,27)11-3-1-2-10(7-11)24-8-20-23-24/h1-8,23H,(H2,21,22,25). The van der Waals surface area contributed by atoms with E-state index in [-0.39, 0.29) is 10.6 Å². The van der Waals surface area contributed by atoms with Gasteiger partial charge in [0, 0.05) is 5.69 Å². The number of aromatic amines is 1. The Hall–Kier alpha value is -2.99. The highest BCUT2D eigenvalue weighted by Gasteiger charge is 2.33. The highest BCUT2D eigenvalue weighted by atomic mass is 35.5. The maximum Gasteiger partial charge on any atom is 0.417 e. The van der Waals surface area contributed by atoms with E-state index in [1.165, 1.54) is 29.2 Å². The van der Waals surface area contributed by atoms with Crippen LogP contribution in [0.2, 0.25) is 5.02 Å². The topological polar surface area (TPSA) is 109 Å². The van der Waals surface area contributed by atoms with Crippen LogP contribution in [0.25, 0.3) is 5.69 Å². The molecule has 1 heterocycles. The first-order chi connectivity index (χ1) is 13.1. The van der Waals surface area contributed by atoms with Gasteiger partial charge < -0.3 is 5.32 Å². The first-order valence-electron chi connectivity index (χ1n) is 7.45. The van der Waals surface area contributed by atoms with Crippen molar-refractivity contribution in [1.82, 2.24) is 19.7 Å². The molecule has 0 saturated heterocycles. The van der Waals surface area contributed by atoms with Crippen molar-refractivity contribution in [2.75, 3.05) is 5.32 Å². The summed E-state index contributed by atoms with van der Waals surface area (Å²) in [4.78, 5) is 11.7. The molecule has 28 heavy (non-hydrogen) atoms. The predicted molar refractivity (Wildman–Crippen MR) is 93.7 cm³/mol. The molecule has 0 aliphatic heterocycles. The fourth-order valence-electron chi connectivity index (χ4n) is 2.20. The molecule has 0 atom stereocenters. The number of nitrogens with zero attached hydrogens (tertiary/aromatic N) is 2. The molecule has 0 bridgehead atoms. The van der Waals surface area contributed by atoms with Gasteiger partial charge in [-0.2, -0.15) is 13.2 Å². The molecule has 0 radical (unpaired) electrons. The van der Waals surface area contributed by atoms with E-state index < -0.39 is 32.8 Å². The molecule has 13 heteroatoms. The number of hydrogen-bond donors (Lipinski definition) is 3. The Morgan fingerprint density at radius 1 is 1.18 bits per heavy atom. The smallest absolute Gasteiger partial charge is 0.307 e. The fourth-order valence-corrected chi connectivity index (χ4v) is 3.37. The number of carbonyl (C=O) groups is 1. The number of amides is 2. The third-order valence-electron chi connectivity index (χ3n) is 3.50. The summed E-state index contributed by atoms with van der Waals surface area (Å²) in [6, 6.07) is 7.00. The maximum atomic E-state index is 12.9. The van der Waals surface area contributed by atoms with Crippen LogP contribution in [-0.4, -0.2) is 29.4 Å². The summed E-state index contributed by atoms with van der Waals surface area (Å²) in [5.41, 5.74) is -0.990. The summed E-state index contributed by atoms with van der Waals surface area (Å²) in [5.74, 6) is 0. The minimum absolute atomic E-state index is 0.227. The lowest BCUT2D eigenvalue weighted by molar-refractivity contribution is -0.137. The van der Waals surface area contributed by atoms with Crippen molar-refractivity contribution in [2.24, 2.45) is 0 Å². The number of nitrogens with one attached hydrogen (secondary N) is 3. The number of anilines is 1. The number of H-pyrrole nitrogens is 1. The number of alkyl halides is 3. The zero-order valence-electron chi connectivity index (χ0n) is 13.7. The van der Waals surface area contributed by atoms with E-state index in [0.717, 1.165) is 12.1 Å². The molecule has 0 fully saturated rings. The Bertz CT molecular complexity index is 1110. The van der Waals surface area contributed by atoms with E-state index >= 15 is 0 Å². The molecule has 0 aliphatic carbocycles. The van der Waals surface area contributed by atoms with Crippen LogP contribution in [0.4, 0.5) is 23.7 Å². The first-order valence-corrected chi connectivity index (χ1v) is 9.31. The van der Waals surface area contributed by atoms with Crippen LogP contribution in [-0.2, 0) is 16.2 Å². The average Bonchev–Trinajstić information content (AvgIpc) is 2.54. The van der Waals surface area contributed by atoms with Crippen molar-refractivity contribution in [3.63, 3.8) is 0 Å². The number of benzene rings is 2. The van der Waals surface area contributed by atoms with E-state index in [0.29, 0.717) is 11.8 Å². The zero-order valence-corrected chi connectivity index (χ0v) is 15.2. The fraction of sp³-hybridized carbons (Fsp3) is 0.0667. The Labute approximate surface area is 161 Å². The minimum Gasteiger partial charge on any atom is -0.307 e. The lowest BCUT2D eigenvalue weighted by atomic mass is 10.2. The molecule has 0 unspecified atom stereocenters. The molecule has 8 nitrogen and oxygen atoms in total. The monoisotopic (exact) mass is 433 g/mol. The molecule has 2 amide bonds. The molecule has 3 N–H and O–H groups in total. The van der Waals surface area contributed by atoms with Gasteiger partial charge in [-0.1, -0.05) is 17.7 Å². The molecular formula is C15H11ClF3N5O3S. The summed E-state index contributed by atoms with van der Waals surface area (Å²) in [6.07, 6.45) is -3.32. The molecule has 3 rings (SSSR count).